The van der Waals surface area contributed by atoms with E-state index < -0.39 is 11.6 Å². The van der Waals surface area contributed by atoms with Crippen molar-refractivity contribution in [3.8, 4) is 5.75 Å². The van der Waals surface area contributed by atoms with E-state index in [9.17, 15) is 13.6 Å². The Morgan fingerprint density at radius 1 is 1.07 bits per heavy atom. The molecule has 1 saturated heterocycles. The van der Waals surface area contributed by atoms with E-state index in [0.717, 1.165) is 35.4 Å². The van der Waals surface area contributed by atoms with Crippen LogP contribution < -0.4 is 10.1 Å². The van der Waals surface area contributed by atoms with Crippen molar-refractivity contribution in [1.82, 2.24) is 15.1 Å². The fraction of sp³-hybridized carbons (Fsp3) is 0.435. The minimum atomic E-state index is -0.829. The molecule has 5 nitrogen and oxygen atoms in total. The lowest BCUT2D eigenvalue weighted by Gasteiger charge is -2.34. The van der Waals surface area contributed by atoms with E-state index in [4.69, 9.17) is 4.74 Å². The van der Waals surface area contributed by atoms with Crippen LogP contribution in [0.25, 0.3) is 0 Å². The number of hydrogen-bond donors (Lipinski definition) is 1. The van der Waals surface area contributed by atoms with Gasteiger partial charge in [-0.25, -0.2) is 8.78 Å². The number of fused-ring (bicyclic) bond motifs is 1. The maximum absolute atomic E-state index is 13.6. The number of rotatable bonds is 5. The predicted octanol–water partition coefficient (Wildman–Crippen LogP) is 3.07. The first-order valence-electron chi connectivity index (χ1n) is 10.5. The number of carbonyl (C=O) groups is 1. The monoisotopic (exact) mass is 415 g/mol. The highest BCUT2D eigenvalue weighted by molar-refractivity contribution is 5.82. The molecule has 2 aromatic rings. The molecule has 160 valence electrons. The van der Waals surface area contributed by atoms with Crippen molar-refractivity contribution in [3.63, 3.8) is 0 Å². The van der Waals surface area contributed by atoms with Crippen molar-refractivity contribution in [2.24, 2.45) is 0 Å². The summed E-state index contributed by atoms with van der Waals surface area (Å²) in [7, 11) is 0. The summed E-state index contributed by atoms with van der Waals surface area (Å²) < 4.78 is 32.7. The van der Waals surface area contributed by atoms with Crippen LogP contribution in [0.5, 0.6) is 5.75 Å². The van der Waals surface area contributed by atoms with Gasteiger partial charge < -0.3 is 10.1 Å². The quantitative estimate of drug-likeness (QED) is 0.815. The number of halogens is 2. The van der Waals surface area contributed by atoms with Gasteiger partial charge in [-0.3, -0.25) is 14.6 Å². The number of nitrogens with one attached hydrogen (secondary N) is 1. The molecule has 2 aliphatic rings. The second-order valence-electron chi connectivity index (χ2n) is 7.94. The molecule has 0 bridgehead atoms. The van der Waals surface area contributed by atoms with Crippen LogP contribution in [0.1, 0.15) is 30.0 Å². The second kappa shape index (κ2) is 9.10. The van der Waals surface area contributed by atoms with E-state index in [1.807, 2.05) is 13.0 Å². The van der Waals surface area contributed by atoms with E-state index in [-0.39, 0.29) is 11.9 Å². The van der Waals surface area contributed by atoms with Gasteiger partial charge in [0.1, 0.15) is 12.4 Å². The van der Waals surface area contributed by atoms with Crippen molar-refractivity contribution in [3.05, 3.63) is 64.7 Å². The number of hydrogen-bond acceptors (Lipinski definition) is 4. The fourth-order valence-corrected chi connectivity index (χ4v) is 4.26. The molecule has 2 heterocycles. The molecule has 2 aromatic carbocycles. The van der Waals surface area contributed by atoms with Gasteiger partial charge in [-0.15, -0.1) is 0 Å². The van der Waals surface area contributed by atoms with Crippen LogP contribution in [-0.4, -0.2) is 48.0 Å². The maximum Gasteiger partial charge on any atom is 0.237 e. The molecule has 0 radical (unpaired) electrons. The summed E-state index contributed by atoms with van der Waals surface area (Å²) in [6.07, 6.45) is 0.780. The molecular weight excluding hydrogens is 388 g/mol. The van der Waals surface area contributed by atoms with Gasteiger partial charge in [0, 0.05) is 44.8 Å². The largest absolute Gasteiger partial charge is 0.492 e. The Kier molecular flexibility index (Phi) is 6.29. The highest BCUT2D eigenvalue weighted by atomic mass is 19.2. The fourth-order valence-electron chi connectivity index (χ4n) is 4.26. The first-order chi connectivity index (χ1) is 14.5. The molecule has 1 amide bonds. The average molecular weight is 415 g/mol. The van der Waals surface area contributed by atoms with Gasteiger partial charge in [-0.1, -0.05) is 19.1 Å². The highest BCUT2D eigenvalue weighted by Crippen LogP contribution is 2.26. The summed E-state index contributed by atoms with van der Waals surface area (Å²) in [5.41, 5.74) is 2.95. The Balaban J connectivity index is 1.48. The molecule has 1 atom stereocenters. The van der Waals surface area contributed by atoms with E-state index in [0.29, 0.717) is 39.3 Å². The van der Waals surface area contributed by atoms with Gasteiger partial charge in [0.15, 0.2) is 11.6 Å². The topological polar surface area (TPSA) is 44.8 Å². The molecule has 0 saturated carbocycles. The first kappa shape index (κ1) is 20.8. The minimum absolute atomic E-state index is 0.0968. The molecule has 4 rings (SSSR count). The summed E-state index contributed by atoms with van der Waals surface area (Å²) >= 11 is 0. The summed E-state index contributed by atoms with van der Waals surface area (Å²) in [6.45, 7) is 6.68. The maximum atomic E-state index is 13.6. The first-order valence-corrected chi connectivity index (χ1v) is 10.5. The van der Waals surface area contributed by atoms with Crippen LogP contribution in [0, 0.1) is 11.6 Å². The Hall–Kier alpha value is -2.51. The number of nitrogens with zero attached hydrogens (tertiary/aromatic N) is 2. The summed E-state index contributed by atoms with van der Waals surface area (Å²) in [5.74, 6) is -0.698. The molecule has 1 fully saturated rings. The van der Waals surface area contributed by atoms with Crippen LogP contribution in [0.15, 0.2) is 36.4 Å². The van der Waals surface area contributed by atoms with E-state index in [2.05, 4.69) is 27.2 Å². The number of amides is 1. The van der Waals surface area contributed by atoms with Gasteiger partial charge >= 0.3 is 0 Å². The molecule has 0 aliphatic carbocycles. The lowest BCUT2D eigenvalue weighted by molar-refractivity contribution is -0.129. The molecule has 0 spiro atoms. The molecule has 30 heavy (non-hydrogen) atoms. The van der Waals surface area contributed by atoms with Crippen molar-refractivity contribution < 1.29 is 18.3 Å². The third kappa shape index (κ3) is 4.63. The molecule has 2 aliphatic heterocycles. The Labute approximate surface area is 175 Å². The average Bonchev–Trinajstić information content (AvgIpc) is 2.92. The van der Waals surface area contributed by atoms with Crippen LogP contribution in [0.4, 0.5) is 8.78 Å². The van der Waals surface area contributed by atoms with Gasteiger partial charge in [0.05, 0.1) is 6.04 Å². The van der Waals surface area contributed by atoms with E-state index in [1.54, 1.807) is 6.07 Å². The van der Waals surface area contributed by atoms with Crippen molar-refractivity contribution in [2.45, 2.75) is 39.0 Å². The summed E-state index contributed by atoms with van der Waals surface area (Å²) in [4.78, 5) is 16.5. The Morgan fingerprint density at radius 3 is 2.67 bits per heavy atom. The minimum Gasteiger partial charge on any atom is -0.492 e. The number of benzene rings is 2. The predicted molar refractivity (Wildman–Crippen MR) is 110 cm³/mol. The zero-order valence-electron chi connectivity index (χ0n) is 17.2. The van der Waals surface area contributed by atoms with Crippen molar-refractivity contribution in [2.75, 3.05) is 26.2 Å². The van der Waals surface area contributed by atoms with Crippen molar-refractivity contribution >= 4 is 5.91 Å². The molecule has 0 aromatic heterocycles. The number of carbonyl (C=O) groups excluding carboxylic acids is 1. The lowest BCUT2D eigenvalue weighted by Crippen LogP contribution is -2.54. The van der Waals surface area contributed by atoms with Gasteiger partial charge in [0.25, 0.3) is 0 Å². The van der Waals surface area contributed by atoms with Crippen LogP contribution in [0.2, 0.25) is 0 Å². The zero-order valence-corrected chi connectivity index (χ0v) is 17.2. The SMILES string of the molecule is CCC1C(=O)NCCN1Cc1ccc2c(c1)CN(Cc1ccc(F)c(F)c1)CCO2. The molecule has 1 unspecified atom stereocenters. The third-order valence-corrected chi connectivity index (χ3v) is 5.79. The van der Waals surface area contributed by atoms with Gasteiger partial charge in [-0.05, 0) is 41.8 Å². The van der Waals surface area contributed by atoms with Gasteiger partial charge in [0.2, 0.25) is 5.91 Å². The third-order valence-electron chi connectivity index (χ3n) is 5.79. The lowest BCUT2D eigenvalue weighted by atomic mass is 10.1. The zero-order chi connectivity index (χ0) is 21.1. The summed E-state index contributed by atoms with van der Waals surface area (Å²) in [5, 5.41) is 2.94. The molecule has 1 N–H and O–H groups in total. The van der Waals surface area contributed by atoms with Crippen LogP contribution in [-0.2, 0) is 24.4 Å². The molecule has 7 heteroatoms. The normalized spacial score (nSPS) is 20.2. The van der Waals surface area contributed by atoms with E-state index >= 15 is 0 Å². The Bertz CT molecular complexity index is 921. The van der Waals surface area contributed by atoms with Crippen LogP contribution >= 0.6 is 0 Å². The standard InChI is InChI=1S/C23H27F2N3O2/c1-2-21-23(29)26-7-8-28(21)14-16-4-6-22-18(11-16)15-27(9-10-30-22)13-17-3-5-19(24)20(25)12-17/h3-6,11-12,21H,2,7-10,13-15H2,1H3,(H,26,29). The van der Waals surface area contributed by atoms with Crippen LogP contribution in [0.3, 0.4) is 0 Å². The number of ether oxygens (including phenoxy) is 1. The molecular formula is C23H27F2N3O2. The Morgan fingerprint density at radius 2 is 1.87 bits per heavy atom. The van der Waals surface area contributed by atoms with Crippen molar-refractivity contribution in [1.29, 1.82) is 0 Å². The van der Waals surface area contributed by atoms with Gasteiger partial charge in [-0.2, -0.15) is 0 Å². The summed E-state index contributed by atoms with van der Waals surface area (Å²) in [6, 6.07) is 10.1. The second-order valence-corrected chi connectivity index (χ2v) is 7.94. The number of piperazine rings is 1. The van der Waals surface area contributed by atoms with E-state index in [1.165, 1.54) is 12.1 Å². The highest BCUT2D eigenvalue weighted by Gasteiger charge is 2.28. The smallest absolute Gasteiger partial charge is 0.237 e.